The molecule has 0 aromatic rings. The number of fused-ring (bicyclic) bond motifs is 5. The smallest absolute Gasteiger partial charge is 0.312 e. The Hall–Kier alpha value is -1.03. The van der Waals surface area contributed by atoms with E-state index in [0.717, 1.165) is 38.5 Å². The van der Waals surface area contributed by atoms with Gasteiger partial charge in [-0.1, -0.05) is 32.4 Å². The molecule has 0 bridgehead atoms. The topological polar surface area (TPSA) is 137 Å². The molecule has 1 saturated heterocycles. The van der Waals surface area contributed by atoms with Gasteiger partial charge in [0.15, 0.2) is 6.29 Å². The Morgan fingerprint density at radius 2 is 1.77 bits per heavy atom. The van der Waals surface area contributed by atoms with E-state index in [1.54, 1.807) is 6.92 Å². The molecule has 5 aliphatic rings. The van der Waals surface area contributed by atoms with Gasteiger partial charge in [0.2, 0.25) is 0 Å². The summed E-state index contributed by atoms with van der Waals surface area (Å²) in [5.41, 5.74) is -0.136. The lowest BCUT2D eigenvalue weighted by atomic mass is 9.36. The van der Waals surface area contributed by atoms with Crippen molar-refractivity contribution in [3.05, 3.63) is 11.6 Å². The zero-order valence-electron chi connectivity index (χ0n) is 21.3. The Balaban J connectivity index is 1.40. The minimum atomic E-state index is -1.21. The number of carboxylic acids is 1. The Morgan fingerprint density at radius 3 is 2.40 bits per heavy atom. The van der Waals surface area contributed by atoms with E-state index in [-0.39, 0.29) is 34.9 Å². The highest BCUT2D eigenvalue weighted by Gasteiger charge is 2.69. The zero-order valence-corrected chi connectivity index (χ0v) is 21.3. The number of carbonyl (C=O) groups is 1. The number of hydrogen-bond donors (Lipinski definition) is 5. The van der Waals surface area contributed by atoms with Gasteiger partial charge in [-0.2, -0.15) is 0 Å². The molecule has 3 saturated carbocycles. The molecule has 0 radical (unpaired) electrons. The van der Waals surface area contributed by atoms with Crippen molar-refractivity contribution >= 4 is 5.97 Å². The van der Waals surface area contributed by atoms with Gasteiger partial charge in [-0.05, 0) is 80.0 Å². The molecule has 8 nitrogen and oxygen atoms in total. The summed E-state index contributed by atoms with van der Waals surface area (Å²) in [5, 5.41) is 50.8. The first-order chi connectivity index (χ1) is 16.3. The van der Waals surface area contributed by atoms with Crippen LogP contribution in [0.3, 0.4) is 0 Å². The van der Waals surface area contributed by atoms with Gasteiger partial charge < -0.3 is 35.0 Å². The van der Waals surface area contributed by atoms with E-state index >= 15 is 0 Å². The number of carboxylic acid groups (broad SMARTS) is 1. The van der Waals surface area contributed by atoms with Crippen LogP contribution in [0.4, 0.5) is 0 Å². The summed E-state index contributed by atoms with van der Waals surface area (Å²) in [5.74, 6) is -0.634. The Morgan fingerprint density at radius 1 is 1.06 bits per heavy atom. The molecule has 0 aromatic heterocycles. The van der Waals surface area contributed by atoms with Gasteiger partial charge in [0.25, 0.3) is 0 Å². The standard InChI is InChI=1S/C27H42O8/c1-24-9-8-19(29)27(4,23(32)33)18(24)7-10-25(2)17(24)6-5-14-11-15(12-26(14,25)3)34-22-21(31)20(30)16(13-28)35-22/h11,15-22,28-31H,5-10,12-13H2,1-4H3,(H,32,33)/t15-,16+,17+,18+,19-,20-,21-,22-,24+,25+,26+,27-/m0/s1. The second-order valence-electron chi connectivity index (χ2n) is 12.9. The van der Waals surface area contributed by atoms with E-state index in [1.807, 2.05) is 0 Å². The third-order valence-electron chi connectivity index (χ3n) is 11.6. The second-order valence-corrected chi connectivity index (χ2v) is 12.9. The van der Waals surface area contributed by atoms with Crippen LogP contribution in [0, 0.1) is 33.5 Å². The molecular weight excluding hydrogens is 452 g/mol. The first kappa shape index (κ1) is 25.6. The van der Waals surface area contributed by atoms with Crippen LogP contribution in [0.2, 0.25) is 0 Å². The van der Waals surface area contributed by atoms with Gasteiger partial charge >= 0.3 is 5.97 Å². The zero-order chi connectivity index (χ0) is 25.6. The quantitative estimate of drug-likeness (QED) is 0.375. The molecule has 198 valence electrons. The molecule has 0 unspecified atom stereocenters. The lowest BCUT2D eigenvalue weighted by Gasteiger charge is -2.68. The van der Waals surface area contributed by atoms with E-state index in [2.05, 4.69) is 26.8 Å². The highest BCUT2D eigenvalue weighted by Crippen LogP contribution is 2.73. The van der Waals surface area contributed by atoms with Crippen LogP contribution < -0.4 is 0 Å². The largest absolute Gasteiger partial charge is 0.481 e. The molecule has 1 aliphatic heterocycles. The average Bonchev–Trinajstić information content (AvgIpc) is 3.28. The van der Waals surface area contributed by atoms with Crippen molar-refractivity contribution in [2.75, 3.05) is 6.61 Å². The predicted molar refractivity (Wildman–Crippen MR) is 126 cm³/mol. The monoisotopic (exact) mass is 494 g/mol. The van der Waals surface area contributed by atoms with Crippen molar-refractivity contribution in [2.24, 2.45) is 33.5 Å². The van der Waals surface area contributed by atoms with Crippen molar-refractivity contribution in [3.63, 3.8) is 0 Å². The van der Waals surface area contributed by atoms with Gasteiger partial charge in [0.1, 0.15) is 18.3 Å². The molecule has 4 aliphatic carbocycles. The van der Waals surface area contributed by atoms with Gasteiger partial charge in [-0.3, -0.25) is 4.79 Å². The molecule has 1 heterocycles. The lowest BCUT2D eigenvalue weighted by Crippen LogP contribution is -2.65. The number of aliphatic carboxylic acids is 1. The van der Waals surface area contributed by atoms with E-state index in [0.29, 0.717) is 12.3 Å². The number of rotatable bonds is 4. The molecule has 0 spiro atoms. The molecule has 4 fully saturated rings. The lowest BCUT2D eigenvalue weighted by molar-refractivity contribution is -0.220. The molecular formula is C27H42O8. The van der Waals surface area contributed by atoms with Crippen LogP contribution in [0.25, 0.3) is 0 Å². The molecule has 12 atom stereocenters. The first-order valence-corrected chi connectivity index (χ1v) is 13.2. The fourth-order valence-corrected chi connectivity index (χ4v) is 9.33. The summed E-state index contributed by atoms with van der Waals surface area (Å²) in [7, 11) is 0. The summed E-state index contributed by atoms with van der Waals surface area (Å²) in [6.07, 6.45) is 2.49. The number of hydrogen-bond acceptors (Lipinski definition) is 7. The van der Waals surface area contributed by atoms with Crippen LogP contribution in [0.15, 0.2) is 11.6 Å². The fraction of sp³-hybridized carbons (Fsp3) is 0.889. The highest BCUT2D eigenvalue weighted by molar-refractivity contribution is 5.76. The van der Waals surface area contributed by atoms with Crippen LogP contribution in [0.1, 0.15) is 72.6 Å². The third-order valence-corrected chi connectivity index (χ3v) is 11.6. The molecule has 0 aromatic carbocycles. The minimum absolute atomic E-state index is 0.0511. The third kappa shape index (κ3) is 3.29. The number of ether oxygens (including phenoxy) is 2. The SMILES string of the molecule is C[C@]12CC[C@H](O)[C@@](C)(C(=O)O)[C@@H]1CC[C@]1(C)[C@@H]2CCC2=C[C@H](O[C@H]3O[C@H](CO)[C@H](O)[C@@H]3O)C[C@]21C. The first-order valence-electron chi connectivity index (χ1n) is 13.2. The summed E-state index contributed by atoms with van der Waals surface area (Å²) in [6.45, 7) is 8.31. The Kier molecular flexibility index (Phi) is 6.03. The maximum absolute atomic E-state index is 12.4. The average molecular weight is 495 g/mol. The molecule has 5 N–H and O–H groups in total. The van der Waals surface area contributed by atoms with Crippen LogP contribution in [-0.4, -0.2) is 74.9 Å². The van der Waals surface area contributed by atoms with Crippen molar-refractivity contribution in [1.82, 2.24) is 0 Å². The molecule has 35 heavy (non-hydrogen) atoms. The maximum Gasteiger partial charge on any atom is 0.312 e. The number of aliphatic hydroxyl groups is 4. The minimum Gasteiger partial charge on any atom is -0.481 e. The van der Waals surface area contributed by atoms with Gasteiger partial charge in [-0.15, -0.1) is 0 Å². The van der Waals surface area contributed by atoms with E-state index < -0.39 is 42.1 Å². The predicted octanol–water partition coefficient (Wildman–Crippen LogP) is 2.23. The summed E-state index contributed by atoms with van der Waals surface area (Å²) < 4.78 is 11.7. The number of aliphatic hydroxyl groups excluding tert-OH is 4. The van der Waals surface area contributed by atoms with Gasteiger partial charge in [0.05, 0.1) is 24.2 Å². The van der Waals surface area contributed by atoms with Crippen molar-refractivity contribution < 1.29 is 39.8 Å². The van der Waals surface area contributed by atoms with Gasteiger partial charge in [0, 0.05) is 0 Å². The van der Waals surface area contributed by atoms with Gasteiger partial charge in [-0.25, -0.2) is 0 Å². The van der Waals surface area contributed by atoms with Crippen LogP contribution in [-0.2, 0) is 14.3 Å². The van der Waals surface area contributed by atoms with Crippen molar-refractivity contribution in [2.45, 2.75) is 109 Å². The molecule has 5 rings (SSSR count). The second kappa shape index (κ2) is 8.23. The van der Waals surface area contributed by atoms with Crippen molar-refractivity contribution in [3.8, 4) is 0 Å². The van der Waals surface area contributed by atoms with Crippen molar-refractivity contribution in [1.29, 1.82) is 0 Å². The summed E-state index contributed by atoms with van der Waals surface area (Å²) in [6, 6.07) is 0. The maximum atomic E-state index is 12.4. The highest BCUT2D eigenvalue weighted by atomic mass is 16.7. The molecule has 0 amide bonds. The summed E-state index contributed by atoms with van der Waals surface area (Å²) >= 11 is 0. The van der Waals surface area contributed by atoms with E-state index in [1.165, 1.54) is 5.57 Å². The van der Waals surface area contributed by atoms with Crippen LogP contribution in [0.5, 0.6) is 0 Å². The van der Waals surface area contributed by atoms with E-state index in [9.17, 15) is 30.3 Å². The summed E-state index contributed by atoms with van der Waals surface area (Å²) in [4.78, 5) is 12.4. The van der Waals surface area contributed by atoms with Crippen LogP contribution >= 0.6 is 0 Å². The Labute approximate surface area is 207 Å². The van der Waals surface area contributed by atoms with E-state index in [4.69, 9.17) is 9.47 Å². The molecule has 8 heteroatoms. The number of allylic oxidation sites excluding steroid dienone is 1. The Bertz CT molecular complexity index is 906. The normalized spacial score (nSPS) is 55.6. The fourth-order valence-electron chi connectivity index (χ4n) is 9.33.